The predicted octanol–water partition coefficient (Wildman–Crippen LogP) is 8.59. The van der Waals surface area contributed by atoms with Gasteiger partial charge >= 0.3 is 0 Å². The molecular weight excluding hydrogens is 616 g/mol. The van der Waals surface area contributed by atoms with Crippen molar-refractivity contribution in [2.45, 2.75) is 82.3 Å². The number of benzene rings is 4. The SMILES string of the molecule is Cc1cccc(CO[C@@]23Cc4c(n(Cc5cccc(C)c5)c5ccc(Cl)cc45)[C@@H]4Oc5c(O)ccc6c5[C@@]42CCN(CC2CC2)[C@H]3C6)c1. The van der Waals surface area contributed by atoms with E-state index in [1.54, 1.807) is 0 Å². The Morgan fingerprint density at radius 1 is 0.958 bits per heavy atom. The molecule has 1 saturated heterocycles. The number of fused-ring (bicyclic) bond motifs is 4. The number of phenolic OH excluding ortho intramolecular Hbond substituents is 1. The summed E-state index contributed by atoms with van der Waals surface area (Å²) in [7, 11) is 0. The minimum absolute atomic E-state index is 0.188. The molecule has 5 nitrogen and oxygen atoms in total. The van der Waals surface area contributed by atoms with Gasteiger partial charge in [0.25, 0.3) is 0 Å². The Kier molecular flexibility index (Phi) is 6.30. The van der Waals surface area contributed by atoms with Crippen molar-refractivity contribution in [3.05, 3.63) is 129 Å². The van der Waals surface area contributed by atoms with Gasteiger partial charge in [0.15, 0.2) is 17.6 Å². The third-order valence-corrected chi connectivity index (χ3v) is 12.6. The third kappa shape index (κ3) is 4.04. The maximum absolute atomic E-state index is 11.5. The maximum atomic E-state index is 11.5. The molecule has 4 atom stereocenters. The molecule has 5 aliphatic rings. The van der Waals surface area contributed by atoms with E-state index in [0.29, 0.717) is 12.4 Å². The van der Waals surface area contributed by atoms with Crippen LogP contribution >= 0.6 is 11.6 Å². The van der Waals surface area contributed by atoms with Crippen LogP contribution in [0.25, 0.3) is 10.9 Å². The summed E-state index contributed by atoms with van der Waals surface area (Å²) in [6, 6.07) is 28.1. The molecule has 2 aliphatic heterocycles. The van der Waals surface area contributed by atoms with Gasteiger partial charge in [-0.3, -0.25) is 4.90 Å². The van der Waals surface area contributed by atoms with Crippen LogP contribution in [-0.4, -0.2) is 39.3 Å². The molecule has 10 rings (SSSR count). The molecule has 2 bridgehead atoms. The summed E-state index contributed by atoms with van der Waals surface area (Å²) >= 11 is 6.80. The van der Waals surface area contributed by atoms with Gasteiger partial charge in [0.2, 0.25) is 0 Å². The van der Waals surface area contributed by atoms with Crippen molar-refractivity contribution in [2.75, 3.05) is 13.1 Å². The second kappa shape index (κ2) is 10.4. The standard InChI is InChI=1S/C42H41ClN2O3/c1-25-5-3-7-28(17-25)23-45-34-13-12-31(43)20-32(34)33-21-42(47-24-29-8-4-6-26(2)18-29)36-19-30-11-14-35(46)39-37(30)41(42,40(48-39)38(33)45)15-16-44(36)22-27-9-10-27/h3-8,11-14,17-18,20,27,36,40,46H,9-10,15-16,19,21-24H2,1-2H3/t36-,40-,41-,42+/m0/s1. The smallest absolute Gasteiger partial charge is 0.166 e. The van der Waals surface area contributed by atoms with Gasteiger partial charge in [-0.05, 0) is 98.5 Å². The van der Waals surface area contributed by atoms with E-state index in [9.17, 15) is 5.11 Å². The zero-order chi connectivity index (χ0) is 32.4. The average molecular weight is 657 g/mol. The van der Waals surface area contributed by atoms with Crippen molar-refractivity contribution in [3.8, 4) is 11.5 Å². The Bertz CT molecular complexity index is 2130. The fraction of sp³-hybridized carbons (Fsp3) is 0.381. The molecule has 1 aromatic heterocycles. The van der Waals surface area contributed by atoms with Crippen LogP contribution < -0.4 is 4.74 Å². The van der Waals surface area contributed by atoms with E-state index in [-0.39, 0.29) is 17.9 Å². The number of piperidine rings is 1. The molecule has 0 amide bonds. The lowest BCUT2D eigenvalue weighted by Crippen LogP contribution is -2.75. The van der Waals surface area contributed by atoms with E-state index in [1.165, 1.54) is 68.4 Å². The lowest BCUT2D eigenvalue weighted by atomic mass is 9.48. The summed E-state index contributed by atoms with van der Waals surface area (Å²) < 4.78 is 17.3. The number of hydrogen-bond acceptors (Lipinski definition) is 4. The predicted molar refractivity (Wildman–Crippen MR) is 189 cm³/mol. The third-order valence-electron chi connectivity index (χ3n) is 12.3. The molecule has 1 spiro atoms. The summed E-state index contributed by atoms with van der Waals surface area (Å²) in [5.41, 5.74) is 10.1. The maximum Gasteiger partial charge on any atom is 0.166 e. The summed E-state index contributed by atoms with van der Waals surface area (Å²) in [5.74, 6) is 1.66. The highest BCUT2D eigenvalue weighted by molar-refractivity contribution is 6.31. The first-order valence-electron chi connectivity index (χ1n) is 17.7. The number of hydrogen-bond donors (Lipinski definition) is 1. The molecule has 1 saturated carbocycles. The van der Waals surface area contributed by atoms with Crippen LogP contribution in [-0.2, 0) is 36.1 Å². The van der Waals surface area contributed by atoms with E-state index in [4.69, 9.17) is 21.1 Å². The number of aromatic nitrogens is 1. The van der Waals surface area contributed by atoms with E-state index in [0.717, 1.165) is 49.8 Å². The molecule has 1 N–H and O–H groups in total. The van der Waals surface area contributed by atoms with Crippen LogP contribution in [0, 0.1) is 19.8 Å². The van der Waals surface area contributed by atoms with Gasteiger partial charge in [-0.2, -0.15) is 0 Å². The minimum Gasteiger partial charge on any atom is -0.504 e. The van der Waals surface area contributed by atoms with Crippen LogP contribution in [0.4, 0.5) is 0 Å². The van der Waals surface area contributed by atoms with Gasteiger partial charge in [-0.25, -0.2) is 0 Å². The van der Waals surface area contributed by atoms with Gasteiger partial charge in [0.05, 0.1) is 17.7 Å². The summed E-state index contributed by atoms with van der Waals surface area (Å²) in [6.07, 6.45) is 4.92. The van der Waals surface area contributed by atoms with Crippen molar-refractivity contribution in [1.29, 1.82) is 0 Å². The number of rotatable bonds is 7. The Hall–Kier alpha value is -3.77. The molecule has 4 aromatic carbocycles. The number of aryl methyl sites for hydroxylation is 2. The molecule has 0 unspecified atom stereocenters. The Balaban J connectivity index is 1.24. The Labute approximate surface area is 287 Å². The van der Waals surface area contributed by atoms with Crippen LogP contribution in [0.5, 0.6) is 11.5 Å². The van der Waals surface area contributed by atoms with Crippen molar-refractivity contribution >= 4 is 22.5 Å². The van der Waals surface area contributed by atoms with E-state index >= 15 is 0 Å². The number of halogens is 1. The van der Waals surface area contributed by atoms with E-state index in [2.05, 4.69) is 90.0 Å². The number of phenols is 1. The molecule has 244 valence electrons. The molecule has 3 aliphatic carbocycles. The molecule has 5 aromatic rings. The van der Waals surface area contributed by atoms with Crippen molar-refractivity contribution < 1.29 is 14.6 Å². The van der Waals surface area contributed by atoms with Crippen molar-refractivity contribution in [1.82, 2.24) is 9.47 Å². The zero-order valence-electron chi connectivity index (χ0n) is 27.6. The topological polar surface area (TPSA) is 46.9 Å². The first-order valence-corrected chi connectivity index (χ1v) is 18.0. The second-order valence-corrected chi connectivity index (χ2v) is 15.7. The number of aromatic hydroxyl groups is 1. The molecular formula is C42H41ClN2O3. The zero-order valence-corrected chi connectivity index (χ0v) is 28.4. The summed E-state index contributed by atoms with van der Waals surface area (Å²) in [5, 5.41) is 13.4. The first kappa shape index (κ1) is 29.2. The van der Waals surface area contributed by atoms with Crippen LogP contribution in [0.3, 0.4) is 0 Å². The van der Waals surface area contributed by atoms with Gasteiger partial charge in [0, 0.05) is 47.0 Å². The fourth-order valence-corrected chi connectivity index (χ4v) is 10.4. The highest BCUT2D eigenvalue weighted by Gasteiger charge is 2.74. The monoisotopic (exact) mass is 656 g/mol. The molecule has 3 heterocycles. The second-order valence-electron chi connectivity index (χ2n) is 15.3. The highest BCUT2D eigenvalue weighted by Crippen LogP contribution is 2.70. The van der Waals surface area contributed by atoms with Crippen LogP contribution in [0.2, 0.25) is 5.02 Å². The first-order chi connectivity index (χ1) is 23.3. The number of ether oxygens (including phenoxy) is 2. The largest absolute Gasteiger partial charge is 0.504 e. The van der Waals surface area contributed by atoms with Gasteiger partial charge in [-0.15, -0.1) is 0 Å². The van der Waals surface area contributed by atoms with Crippen molar-refractivity contribution in [2.24, 2.45) is 5.92 Å². The normalized spacial score (nSPS) is 26.7. The van der Waals surface area contributed by atoms with Crippen molar-refractivity contribution in [3.63, 3.8) is 0 Å². The number of likely N-dealkylation sites (tertiary alicyclic amines) is 1. The summed E-state index contributed by atoms with van der Waals surface area (Å²) in [6.45, 7) is 7.70. The highest BCUT2D eigenvalue weighted by atomic mass is 35.5. The minimum atomic E-state index is -0.557. The molecule has 0 radical (unpaired) electrons. The van der Waals surface area contributed by atoms with Crippen LogP contribution in [0.15, 0.2) is 78.9 Å². The van der Waals surface area contributed by atoms with Gasteiger partial charge < -0.3 is 19.1 Å². The lowest BCUT2D eigenvalue weighted by Gasteiger charge is -2.64. The van der Waals surface area contributed by atoms with E-state index < -0.39 is 11.0 Å². The van der Waals surface area contributed by atoms with Crippen LogP contribution in [0.1, 0.15) is 70.0 Å². The average Bonchev–Trinajstić information content (AvgIpc) is 3.75. The lowest BCUT2D eigenvalue weighted by molar-refractivity contribution is -0.211. The van der Waals surface area contributed by atoms with Gasteiger partial charge in [0.1, 0.15) is 5.60 Å². The molecule has 2 fully saturated rings. The molecule has 48 heavy (non-hydrogen) atoms. The quantitative estimate of drug-likeness (QED) is 0.191. The fourth-order valence-electron chi connectivity index (χ4n) is 10.2. The van der Waals surface area contributed by atoms with Gasteiger partial charge in [-0.1, -0.05) is 77.3 Å². The molecule has 6 heteroatoms. The Morgan fingerprint density at radius 3 is 2.54 bits per heavy atom. The van der Waals surface area contributed by atoms with E-state index in [1.807, 2.05) is 12.1 Å². The Morgan fingerprint density at radius 2 is 1.75 bits per heavy atom. The number of nitrogens with zero attached hydrogens (tertiary/aromatic N) is 2. The summed E-state index contributed by atoms with van der Waals surface area (Å²) in [4.78, 5) is 2.77.